The lowest BCUT2D eigenvalue weighted by atomic mass is 9.86. The molecule has 0 aromatic heterocycles. The van der Waals surface area contributed by atoms with E-state index in [1.807, 2.05) is 30.3 Å². The SMILES string of the molecule is OB(O)Oc1ccccc1CCC(c1ccccc1)c1ccccc1. The quantitative estimate of drug-likeness (QED) is 0.647. The smallest absolute Gasteiger partial charge is 0.512 e. The highest BCUT2D eigenvalue weighted by Gasteiger charge is 2.17. The van der Waals surface area contributed by atoms with Gasteiger partial charge in [0.2, 0.25) is 0 Å². The van der Waals surface area contributed by atoms with E-state index in [1.54, 1.807) is 6.07 Å². The third-order valence-corrected chi connectivity index (χ3v) is 4.31. The first-order valence-corrected chi connectivity index (χ1v) is 8.44. The highest BCUT2D eigenvalue weighted by Crippen LogP contribution is 2.31. The van der Waals surface area contributed by atoms with Crippen molar-refractivity contribution in [1.29, 1.82) is 0 Å². The maximum absolute atomic E-state index is 9.10. The Kier molecular flexibility index (Phi) is 5.88. The van der Waals surface area contributed by atoms with Crippen molar-refractivity contribution in [2.75, 3.05) is 0 Å². The van der Waals surface area contributed by atoms with Crippen LogP contribution in [0.2, 0.25) is 0 Å². The standard InChI is InChI=1S/C21H21BO3/c23-22(24)25-21-14-8-7-13-19(21)15-16-20(17-9-3-1-4-10-17)18-11-5-2-6-12-18/h1-14,20,23-24H,15-16H2. The Hall–Kier alpha value is -2.56. The van der Waals surface area contributed by atoms with E-state index in [0.29, 0.717) is 5.75 Å². The van der Waals surface area contributed by atoms with Gasteiger partial charge in [-0.15, -0.1) is 0 Å². The molecule has 0 amide bonds. The number of para-hydroxylation sites is 1. The van der Waals surface area contributed by atoms with Gasteiger partial charge in [0.1, 0.15) is 5.75 Å². The van der Waals surface area contributed by atoms with Crippen molar-refractivity contribution >= 4 is 7.32 Å². The zero-order chi connectivity index (χ0) is 17.5. The molecule has 0 aliphatic rings. The summed E-state index contributed by atoms with van der Waals surface area (Å²) >= 11 is 0. The molecule has 0 saturated heterocycles. The monoisotopic (exact) mass is 332 g/mol. The summed E-state index contributed by atoms with van der Waals surface area (Å²) in [6, 6.07) is 28.4. The Labute approximate surface area is 148 Å². The average Bonchev–Trinajstić information content (AvgIpc) is 2.64. The maximum atomic E-state index is 9.10. The van der Waals surface area contributed by atoms with Gasteiger partial charge in [-0.3, -0.25) is 0 Å². The predicted octanol–water partition coefficient (Wildman–Crippen LogP) is 3.80. The van der Waals surface area contributed by atoms with E-state index in [1.165, 1.54) is 11.1 Å². The third-order valence-electron chi connectivity index (χ3n) is 4.31. The summed E-state index contributed by atoms with van der Waals surface area (Å²) in [5.74, 6) is 0.784. The Bertz CT molecular complexity index is 736. The fraction of sp³-hybridized carbons (Fsp3) is 0.143. The van der Waals surface area contributed by atoms with Crippen molar-refractivity contribution in [1.82, 2.24) is 0 Å². The number of rotatable bonds is 7. The molecular weight excluding hydrogens is 311 g/mol. The van der Waals surface area contributed by atoms with Crippen molar-refractivity contribution in [3.05, 3.63) is 102 Å². The summed E-state index contributed by atoms with van der Waals surface area (Å²) in [6.07, 6.45) is 1.67. The molecule has 3 rings (SSSR count). The fourth-order valence-electron chi connectivity index (χ4n) is 3.14. The first kappa shape index (κ1) is 17.3. The fourth-order valence-corrected chi connectivity index (χ4v) is 3.14. The molecule has 25 heavy (non-hydrogen) atoms. The van der Waals surface area contributed by atoms with Crippen molar-refractivity contribution in [2.24, 2.45) is 0 Å². The predicted molar refractivity (Wildman–Crippen MR) is 100 cm³/mol. The molecule has 0 atom stereocenters. The third kappa shape index (κ3) is 4.72. The lowest BCUT2D eigenvalue weighted by Crippen LogP contribution is -2.21. The van der Waals surface area contributed by atoms with E-state index in [0.717, 1.165) is 18.4 Å². The van der Waals surface area contributed by atoms with Gasteiger partial charge in [0.15, 0.2) is 0 Å². The van der Waals surface area contributed by atoms with Crippen LogP contribution in [0.25, 0.3) is 0 Å². The van der Waals surface area contributed by atoms with Gasteiger partial charge in [-0.25, -0.2) is 0 Å². The van der Waals surface area contributed by atoms with E-state index in [4.69, 9.17) is 14.7 Å². The van der Waals surface area contributed by atoms with Gasteiger partial charge in [0.05, 0.1) is 0 Å². The van der Waals surface area contributed by atoms with Crippen molar-refractivity contribution < 1.29 is 14.7 Å². The minimum Gasteiger partial charge on any atom is -0.512 e. The summed E-state index contributed by atoms with van der Waals surface area (Å²) in [6.45, 7) is 0. The van der Waals surface area contributed by atoms with Crippen LogP contribution in [0.3, 0.4) is 0 Å². The molecule has 0 bridgehead atoms. The molecule has 126 valence electrons. The van der Waals surface area contributed by atoms with Crippen LogP contribution in [0.15, 0.2) is 84.9 Å². The zero-order valence-electron chi connectivity index (χ0n) is 14.0. The van der Waals surface area contributed by atoms with Crippen LogP contribution in [0.4, 0.5) is 0 Å². The molecule has 2 N–H and O–H groups in total. The summed E-state index contributed by atoms with van der Waals surface area (Å²) in [5, 5.41) is 18.2. The van der Waals surface area contributed by atoms with Crippen molar-refractivity contribution in [2.45, 2.75) is 18.8 Å². The minimum atomic E-state index is -1.81. The van der Waals surface area contributed by atoms with Crippen LogP contribution in [-0.2, 0) is 6.42 Å². The lowest BCUT2D eigenvalue weighted by molar-refractivity contribution is 0.287. The first-order chi connectivity index (χ1) is 12.2. The van der Waals surface area contributed by atoms with Crippen LogP contribution in [0.1, 0.15) is 29.0 Å². The molecule has 3 aromatic rings. The molecule has 0 heterocycles. The lowest BCUT2D eigenvalue weighted by Gasteiger charge is -2.19. The molecule has 0 radical (unpaired) electrons. The minimum absolute atomic E-state index is 0.273. The van der Waals surface area contributed by atoms with Crippen molar-refractivity contribution in [3.63, 3.8) is 0 Å². The molecule has 0 unspecified atom stereocenters. The summed E-state index contributed by atoms with van der Waals surface area (Å²) < 4.78 is 5.10. The molecular formula is C21H21BO3. The van der Waals surface area contributed by atoms with Crippen LogP contribution < -0.4 is 4.65 Å². The van der Waals surface area contributed by atoms with Gasteiger partial charge in [-0.1, -0.05) is 78.9 Å². The Morgan fingerprint density at radius 3 is 1.80 bits per heavy atom. The molecule has 3 aromatic carbocycles. The average molecular weight is 332 g/mol. The topological polar surface area (TPSA) is 49.7 Å². The first-order valence-electron chi connectivity index (χ1n) is 8.44. The normalized spacial score (nSPS) is 10.7. The van der Waals surface area contributed by atoms with Crippen LogP contribution >= 0.6 is 0 Å². The molecule has 0 aliphatic heterocycles. The van der Waals surface area contributed by atoms with E-state index in [9.17, 15) is 0 Å². The second-order valence-electron chi connectivity index (χ2n) is 5.96. The largest absolute Gasteiger partial charge is 0.707 e. The van der Waals surface area contributed by atoms with Gasteiger partial charge < -0.3 is 14.7 Å². The second-order valence-corrected chi connectivity index (χ2v) is 5.96. The number of benzene rings is 3. The van der Waals surface area contributed by atoms with E-state index < -0.39 is 7.32 Å². The van der Waals surface area contributed by atoms with E-state index >= 15 is 0 Å². The maximum Gasteiger partial charge on any atom is 0.707 e. The highest BCUT2D eigenvalue weighted by molar-refractivity contribution is 6.33. The van der Waals surface area contributed by atoms with Crippen LogP contribution in [-0.4, -0.2) is 17.4 Å². The summed E-state index contributed by atoms with van der Waals surface area (Å²) in [4.78, 5) is 0. The van der Waals surface area contributed by atoms with Crippen LogP contribution in [0.5, 0.6) is 5.75 Å². The molecule has 4 heteroatoms. The Morgan fingerprint density at radius 2 is 1.24 bits per heavy atom. The summed E-state index contributed by atoms with van der Waals surface area (Å²) in [7, 11) is -1.81. The Morgan fingerprint density at radius 1 is 0.720 bits per heavy atom. The number of hydrogen-bond acceptors (Lipinski definition) is 3. The van der Waals surface area contributed by atoms with Crippen molar-refractivity contribution in [3.8, 4) is 5.75 Å². The number of hydrogen-bond donors (Lipinski definition) is 2. The van der Waals surface area contributed by atoms with Crippen LogP contribution in [0, 0.1) is 0 Å². The highest BCUT2D eigenvalue weighted by atomic mass is 16.6. The van der Waals surface area contributed by atoms with E-state index in [2.05, 4.69) is 48.5 Å². The molecule has 0 fully saturated rings. The second kappa shape index (κ2) is 8.52. The van der Waals surface area contributed by atoms with Gasteiger partial charge in [-0.2, -0.15) is 0 Å². The molecule has 0 saturated carbocycles. The van der Waals surface area contributed by atoms with Gasteiger partial charge in [0, 0.05) is 5.92 Å². The molecule has 3 nitrogen and oxygen atoms in total. The van der Waals surface area contributed by atoms with Gasteiger partial charge in [-0.05, 0) is 35.6 Å². The zero-order valence-corrected chi connectivity index (χ0v) is 14.0. The van der Waals surface area contributed by atoms with E-state index in [-0.39, 0.29) is 5.92 Å². The van der Waals surface area contributed by atoms with Gasteiger partial charge >= 0.3 is 7.32 Å². The Balaban J connectivity index is 1.83. The van der Waals surface area contributed by atoms with Gasteiger partial charge in [0.25, 0.3) is 0 Å². The summed E-state index contributed by atoms with van der Waals surface area (Å²) in [5.41, 5.74) is 3.51. The molecule has 0 spiro atoms. The number of aryl methyl sites for hydroxylation is 1. The molecule has 0 aliphatic carbocycles.